The van der Waals surface area contributed by atoms with E-state index in [0.717, 1.165) is 29.4 Å². The van der Waals surface area contributed by atoms with Crippen molar-refractivity contribution < 1.29 is 0 Å². The Kier molecular flexibility index (Phi) is 4.91. The van der Waals surface area contributed by atoms with E-state index in [9.17, 15) is 0 Å². The van der Waals surface area contributed by atoms with Gasteiger partial charge in [-0.25, -0.2) is 0 Å². The molecule has 0 aliphatic rings. The second-order valence-electron chi connectivity index (χ2n) is 4.36. The molecule has 0 bridgehead atoms. The molecule has 0 amide bonds. The van der Waals surface area contributed by atoms with Crippen LogP contribution in [0.15, 0.2) is 43.1 Å². The van der Waals surface area contributed by atoms with Crippen molar-refractivity contribution in [2.45, 2.75) is 12.5 Å². The normalized spacial score (nSPS) is 12.5. The van der Waals surface area contributed by atoms with Crippen molar-refractivity contribution in [3.05, 3.63) is 53.7 Å². The average molecular weight is 276 g/mol. The number of fused-ring (bicyclic) bond motifs is 1. The van der Waals surface area contributed by atoms with Gasteiger partial charge in [0.1, 0.15) is 0 Å². The number of rotatable bonds is 6. The Morgan fingerprint density at radius 2 is 2.26 bits per heavy atom. The number of nitrogens with two attached hydrogens (primary N) is 1. The topological polar surface area (TPSA) is 50.9 Å². The first-order valence-electron chi connectivity index (χ1n) is 6.35. The summed E-state index contributed by atoms with van der Waals surface area (Å²) in [7, 11) is 0. The zero-order valence-electron chi connectivity index (χ0n) is 10.8. The molecule has 100 valence electrons. The number of nitrogens with zero attached hydrogens (tertiary/aromatic N) is 1. The number of benzene rings is 1. The summed E-state index contributed by atoms with van der Waals surface area (Å²) in [5.74, 6) is 0. The lowest BCUT2D eigenvalue weighted by Crippen LogP contribution is -2.29. The van der Waals surface area contributed by atoms with Gasteiger partial charge in [-0.05, 0) is 36.7 Å². The van der Waals surface area contributed by atoms with E-state index >= 15 is 0 Å². The summed E-state index contributed by atoms with van der Waals surface area (Å²) in [5, 5.41) is 5.10. The highest BCUT2D eigenvalue weighted by Gasteiger charge is 2.14. The number of hydrogen-bond acceptors (Lipinski definition) is 3. The van der Waals surface area contributed by atoms with Crippen LogP contribution in [0.1, 0.15) is 18.0 Å². The fourth-order valence-electron chi connectivity index (χ4n) is 2.12. The molecule has 0 fully saturated rings. The van der Waals surface area contributed by atoms with Crippen LogP contribution in [0.4, 0.5) is 0 Å². The van der Waals surface area contributed by atoms with Gasteiger partial charge in [0.25, 0.3) is 0 Å². The van der Waals surface area contributed by atoms with Gasteiger partial charge in [-0.3, -0.25) is 4.98 Å². The highest BCUT2D eigenvalue weighted by atomic mass is 35.5. The van der Waals surface area contributed by atoms with Crippen LogP contribution in [0.2, 0.25) is 5.02 Å². The molecular formula is C15H18ClN3. The van der Waals surface area contributed by atoms with Gasteiger partial charge in [-0.1, -0.05) is 23.7 Å². The van der Waals surface area contributed by atoms with Crippen molar-refractivity contribution in [2.24, 2.45) is 5.73 Å². The van der Waals surface area contributed by atoms with Gasteiger partial charge in [0.15, 0.2) is 0 Å². The molecule has 1 unspecified atom stereocenters. The van der Waals surface area contributed by atoms with E-state index in [0.29, 0.717) is 11.6 Å². The molecule has 1 aromatic carbocycles. The Bertz CT molecular complexity index is 568. The van der Waals surface area contributed by atoms with Gasteiger partial charge in [0.2, 0.25) is 0 Å². The van der Waals surface area contributed by atoms with Crippen LogP contribution in [0.3, 0.4) is 0 Å². The van der Waals surface area contributed by atoms with Gasteiger partial charge in [-0.15, -0.1) is 6.58 Å². The molecule has 2 rings (SSSR count). The molecule has 2 aromatic rings. The zero-order chi connectivity index (χ0) is 13.7. The molecule has 3 N–H and O–H groups in total. The van der Waals surface area contributed by atoms with Crippen molar-refractivity contribution in [1.82, 2.24) is 10.3 Å². The first kappa shape index (κ1) is 14.0. The van der Waals surface area contributed by atoms with Gasteiger partial charge >= 0.3 is 0 Å². The highest BCUT2D eigenvalue weighted by molar-refractivity contribution is 6.35. The van der Waals surface area contributed by atoms with Gasteiger partial charge in [0.05, 0.1) is 5.52 Å². The number of halogens is 1. The fourth-order valence-corrected chi connectivity index (χ4v) is 2.34. The molecule has 0 saturated carbocycles. The van der Waals surface area contributed by atoms with Crippen molar-refractivity contribution in [1.29, 1.82) is 0 Å². The number of aromatic nitrogens is 1. The first-order valence-corrected chi connectivity index (χ1v) is 6.73. The summed E-state index contributed by atoms with van der Waals surface area (Å²) < 4.78 is 0. The lowest BCUT2D eigenvalue weighted by molar-refractivity contribution is 0.551. The fraction of sp³-hybridized carbons (Fsp3) is 0.267. The third-order valence-electron chi connectivity index (χ3n) is 3.10. The summed E-state index contributed by atoms with van der Waals surface area (Å²) in [5.41, 5.74) is 7.87. The number of pyridine rings is 1. The molecule has 1 heterocycles. The second kappa shape index (κ2) is 6.66. The van der Waals surface area contributed by atoms with Crippen molar-refractivity contribution >= 4 is 22.5 Å². The molecule has 1 atom stereocenters. The Morgan fingerprint density at radius 1 is 1.42 bits per heavy atom. The Labute approximate surface area is 118 Å². The molecule has 3 nitrogen and oxygen atoms in total. The van der Waals surface area contributed by atoms with Crippen LogP contribution in [0, 0.1) is 0 Å². The Morgan fingerprint density at radius 3 is 3.00 bits per heavy atom. The lowest BCUT2D eigenvalue weighted by Gasteiger charge is -2.18. The van der Waals surface area contributed by atoms with Gasteiger partial charge < -0.3 is 11.1 Å². The maximum absolute atomic E-state index is 6.20. The molecule has 0 spiro atoms. The maximum atomic E-state index is 6.20. The van der Waals surface area contributed by atoms with Crippen LogP contribution in [0.25, 0.3) is 10.9 Å². The minimum absolute atomic E-state index is 0.0783. The molecule has 1 aromatic heterocycles. The van der Waals surface area contributed by atoms with Crippen LogP contribution in [-0.4, -0.2) is 18.1 Å². The molecule has 19 heavy (non-hydrogen) atoms. The third kappa shape index (κ3) is 3.13. The molecule has 4 heteroatoms. The largest absolute Gasteiger partial charge is 0.329 e. The molecular weight excluding hydrogens is 258 g/mol. The second-order valence-corrected chi connectivity index (χ2v) is 4.76. The predicted octanol–water partition coefficient (Wildman–Crippen LogP) is 3.05. The van der Waals surface area contributed by atoms with Crippen LogP contribution >= 0.6 is 11.6 Å². The average Bonchev–Trinajstić information content (AvgIpc) is 2.45. The monoisotopic (exact) mass is 275 g/mol. The third-order valence-corrected chi connectivity index (χ3v) is 3.43. The van der Waals surface area contributed by atoms with Crippen molar-refractivity contribution in [3.63, 3.8) is 0 Å². The molecule has 0 saturated heterocycles. The van der Waals surface area contributed by atoms with Crippen LogP contribution in [0.5, 0.6) is 0 Å². The SMILES string of the molecule is C=CCCNC(CN)c1ccc(Cl)c2cccnc12. The van der Waals surface area contributed by atoms with Gasteiger partial charge in [0, 0.05) is 29.2 Å². The number of hydrogen-bond donors (Lipinski definition) is 2. The summed E-state index contributed by atoms with van der Waals surface area (Å²) in [6, 6.07) is 7.84. The zero-order valence-corrected chi connectivity index (χ0v) is 11.5. The van der Waals surface area contributed by atoms with E-state index in [1.54, 1.807) is 6.20 Å². The highest BCUT2D eigenvalue weighted by Crippen LogP contribution is 2.28. The molecule has 0 radical (unpaired) electrons. The van der Waals surface area contributed by atoms with Gasteiger partial charge in [-0.2, -0.15) is 0 Å². The van der Waals surface area contributed by atoms with E-state index in [1.165, 1.54) is 0 Å². The van der Waals surface area contributed by atoms with E-state index in [4.69, 9.17) is 17.3 Å². The van der Waals surface area contributed by atoms with Crippen LogP contribution < -0.4 is 11.1 Å². The Balaban J connectivity index is 2.37. The molecule has 0 aliphatic carbocycles. The summed E-state index contributed by atoms with van der Waals surface area (Å²) >= 11 is 6.20. The standard InChI is InChI=1S/C15H18ClN3/c1-2-3-8-18-14(10-17)12-6-7-13(16)11-5-4-9-19-15(11)12/h2,4-7,9,14,18H,1,3,8,10,17H2. The summed E-state index contributed by atoms with van der Waals surface area (Å²) in [6.07, 6.45) is 4.58. The smallest absolute Gasteiger partial charge is 0.0765 e. The minimum Gasteiger partial charge on any atom is -0.329 e. The quantitative estimate of drug-likeness (QED) is 0.629. The lowest BCUT2D eigenvalue weighted by atomic mass is 10.0. The van der Waals surface area contributed by atoms with Crippen molar-refractivity contribution in [2.75, 3.05) is 13.1 Å². The maximum Gasteiger partial charge on any atom is 0.0765 e. The van der Waals surface area contributed by atoms with E-state index in [-0.39, 0.29) is 6.04 Å². The summed E-state index contributed by atoms with van der Waals surface area (Å²) in [6.45, 7) is 5.08. The number of nitrogens with one attached hydrogen (secondary N) is 1. The summed E-state index contributed by atoms with van der Waals surface area (Å²) in [4.78, 5) is 4.44. The first-order chi connectivity index (χ1) is 9.27. The van der Waals surface area contributed by atoms with E-state index < -0.39 is 0 Å². The minimum atomic E-state index is 0.0783. The van der Waals surface area contributed by atoms with E-state index in [1.807, 2.05) is 30.3 Å². The van der Waals surface area contributed by atoms with E-state index in [2.05, 4.69) is 16.9 Å². The molecule has 0 aliphatic heterocycles. The predicted molar refractivity (Wildman–Crippen MR) is 81.4 cm³/mol. The van der Waals surface area contributed by atoms with Crippen LogP contribution in [-0.2, 0) is 0 Å². The Hall–Kier alpha value is -1.42. The van der Waals surface area contributed by atoms with Crippen molar-refractivity contribution in [3.8, 4) is 0 Å².